The molecule has 0 bridgehead atoms. The molecule has 0 radical (unpaired) electrons. The summed E-state index contributed by atoms with van der Waals surface area (Å²) in [5, 5.41) is 0. The molecule has 0 saturated heterocycles. The van der Waals surface area contributed by atoms with Gasteiger partial charge in [0, 0.05) is 13.8 Å². The Morgan fingerprint density at radius 3 is 1.50 bits per heavy atom. The van der Waals surface area contributed by atoms with Gasteiger partial charge in [0.15, 0.2) is 0 Å². The summed E-state index contributed by atoms with van der Waals surface area (Å²) in [5.74, 6) is 0.117. The number of hydrogen-bond acceptors (Lipinski definition) is 4. The Bertz CT molecular complexity index is 1700. The molecule has 4 saturated carbocycles. The Morgan fingerprint density at radius 1 is 0.661 bits per heavy atom. The molecule has 0 atom stereocenters. The van der Waals surface area contributed by atoms with Crippen LogP contribution in [0.1, 0.15) is 172 Å². The predicted octanol–water partition coefficient (Wildman–Crippen LogP) is 11.1. The second kappa shape index (κ2) is 25.2. The third-order valence-corrected chi connectivity index (χ3v) is 19.5. The van der Waals surface area contributed by atoms with E-state index in [1.54, 1.807) is 13.3 Å². The zero-order valence-corrected chi connectivity index (χ0v) is 37.7. The van der Waals surface area contributed by atoms with E-state index in [-0.39, 0.29) is 45.9 Å². The first-order chi connectivity index (χ1) is 26.8. The summed E-state index contributed by atoms with van der Waals surface area (Å²) >= 11 is 6.70. The average molecular weight is 813 g/mol. The SMILES string of the molecule is CC(=O)n1c(P(C2CCCCC2)C2CCCCC2)nc2ccccc21.CC(=O)n1cnc2ccccc21.ClP(C1CCCCC1)C1CCCCC1.[CH2-]CCC.[Li+]. The Balaban J connectivity index is 0.000000190. The van der Waals surface area contributed by atoms with Gasteiger partial charge in [-0.25, -0.2) is 9.97 Å². The van der Waals surface area contributed by atoms with Gasteiger partial charge in [0.05, 0.1) is 22.1 Å². The van der Waals surface area contributed by atoms with Gasteiger partial charge < -0.3 is 6.92 Å². The molecule has 2 aromatic carbocycles. The van der Waals surface area contributed by atoms with E-state index >= 15 is 0 Å². The minimum absolute atomic E-state index is 0. The predicted molar refractivity (Wildman–Crippen MR) is 239 cm³/mol. The third-order valence-electron chi connectivity index (χ3n) is 12.0. The molecule has 10 heteroatoms. The zero-order chi connectivity index (χ0) is 39.0. The van der Waals surface area contributed by atoms with Crippen LogP contribution >= 0.6 is 26.4 Å². The minimum Gasteiger partial charge on any atom is -0.343 e. The van der Waals surface area contributed by atoms with Crippen LogP contribution in [-0.4, -0.2) is 53.6 Å². The molecule has 0 unspecified atom stereocenters. The van der Waals surface area contributed by atoms with Gasteiger partial charge in [0.1, 0.15) is 11.9 Å². The molecule has 0 amide bonds. The van der Waals surface area contributed by atoms with E-state index in [0.717, 1.165) is 56.7 Å². The number of para-hydroxylation sites is 4. The third kappa shape index (κ3) is 13.2. The second-order valence-electron chi connectivity index (χ2n) is 16.1. The van der Waals surface area contributed by atoms with Crippen LogP contribution in [0, 0.1) is 6.92 Å². The number of unbranched alkanes of at least 4 members (excludes halogenated alkanes) is 1. The molecule has 56 heavy (non-hydrogen) atoms. The maximum atomic E-state index is 12.5. The quantitative estimate of drug-likeness (QED) is 0.110. The summed E-state index contributed by atoms with van der Waals surface area (Å²) in [6, 6.07) is 15.7. The second-order valence-corrected chi connectivity index (χ2v) is 22.1. The van der Waals surface area contributed by atoms with Crippen LogP contribution in [0.5, 0.6) is 0 Å². The smallest absolute Gasteiger partial charge is 0.343 e. The largest absolute Gasteiger partial charge is 1.00 e. The number of imidazole rings is 2. The van der Waals surface area contributed by atoms with E-state index in [4.69, 9.17) is 16.2 Å². The van der Waals surface area contributed by atoms with Gasteiger partial charge in [-0.15, -0.1) is 0 Å². The first-order valence-corrected chi connectivity index (χ1v) is 25.6. The van der Waals surface area contributed by atoms with Crippen LogP contribution in [0.2, 0.25) is 0 Å². The van der Waals surface area contributed by atoms with Crippen molar-refractivity contribution in [2.45, 2.75) is 185 Å². The van der Waals surface area contributed by atoms with E-state index in [1.165, 1.54) is 146 Å². The molecule has 2 aromatic heterocycles. The maximum Gasteiger partial charge on any atom is 1.00 e. The molecule has 0 N–H and O–H groups in total. The Labute approximate surface area is 358 Å². The van der Waals surface area contributed by atoms with Gasteiger partial charge in [0.25, 0.3) is 0 Å². The number of halogens is 1. The van der Waals surface area contributed by atoms with E-state index in [9.17, 15) is 9.59 Å². The van der Waals surface area contributed by atoms with Crippen molar-refractivity contribution in [3.63, 3.8) is 0 Å². The molecule has 0 spiro atoms. The van der Waals surface area contributed by atoms with Gasteiger partial charge in [-0.3, -0.25) is 18.7 Å². The van der Waals surface area contributed by atoms with Crippen molar-refractivity contribution in [2.75, 3.05) is 0 Å². The van der Waals surface area contributed by atoms with Crippen molar-refractivity contribution in [1.29, 1.82) is 0 Å². The van der Waals surface area contributed by atoms with Crippen LogP contribution in [-0.2, 0) is 0 Å². The molecular weight excluding hydrogens is 745 g/mol. The molecule has 302 valence electrons. The van der Waals surface area contributed by atoms with Gasteiger partial charge in [-0.2, -0.15) is 6.42 Å². The number of rotatable bonds is 6. The van der Waals surface area contributed by atoms with Gasteiger partial charge in [-0.05, 0) is 113 Å². The van der Waals surface area contributed by atoms with Crippen LogP contribution in [0.3, 0.4) is 0 Å². The molecule has 6 nitrogen and oxygen atoms in total. The number of hydrogen-bond donors (Lipinski definition) is 0. The van der Waals surface area contributed by atoms with E-state index in [0.29, 0.717) is 0 Å². The number of carbonyl (C=O) groups excluding carboxylic acids is 2. The fourth-order valence-electron chi connectivity index (χ4n) is 9.00. The minimum atomic E-state index is -0.361. The van der Waals surface area contributed by atoms with Crippen molar-refractivity contribution >= 4 is 65.9 Å². The van der Waals surface area contributed by atoms with Crippen molar-refractivity contribution in [3.8, 4) is 0 Å². The van der Waals surface area contributed by atoms with Crippen molar-refractivity contribution < 1.29 is 28.4 Å². The molecule has 4 fully saturated rings. The summed E-state index contributed by atoms with van der Waals surface area (Å²) in [6.07, 6.45) is 31.8. The Kier molecular flexibility index (Phi) is 21.2. The first-order valence-electron chi connectivity index (χ1n) is 21.8. The van der Waals surface area contributed by atoms with Crippen LogP contribution in [0.25, 0.3) is 22.1 Å². The van der Waals surface area contributed by atoms with Gasteiger partial charge in [-0.1, -0.05) is 126 Å². The zero-order valence-electron chi connectivity index (χ0n) is 35.1. The van der Waals surface area contributed by atoms with Gasteiger partial charge in [0.2, 0.25) is 11.8 Å². The standard InChI is InChI=1S/C21H29N2OP.C12H22ClP.C9H8N2O.C4H9.Li/c1-16(24)23-20-15-9-8-14-19(20)22-21(23)25(17-10-4-2-5-11-17)18-12-6-3-7-13-18;13-14(11-7-3-1-4-8-11)12-9-5-2-6-10-12;1-7(12)11-6-10-8-4-2-3-5-9(8)11;1-3-4-2;/h8-9,14-15,17-18H,2-7,10-13H2,1H3;11-12H,1-10H2;2-6H,1H3;1,3-4H2,2H3;/q;;;-1;+1. The summed E-state index contributed by atoms with van der Waals surface area (Å²) in [7, 11) is -0.506. The van der Waals surface area contributed by atoms with Crippen LogP contribution in [0.4, 0.5) is 0 Å². The van der Waals surface area contributed by atoms with Crippen LogP contribution in [0.15, 0.2) is 54.9 Å². The molecular formula is C46H68ClLiN4O2P2. The monoisotopic (exact) mass is 812 g/mol. The molecule has 4 aliphatic rings. The average Bonchev–Trinajstić information content (AvgIpc) is 3.85. The van der Waals surface area contributed by atoms with Gasteiger partial charge >= 0.3 is 18.9 Å². The fourth-order valence-corrected chi connectivity index (χ4v) is 16.3. The summed E-state index contributed by atoms with van der Waals surface area (Å²) in [4.78, 5) is 32.7. The molecule has 2 heterocycles. The number of carbonyl (C=O) groups is 2. The Morgan fingerprint density at radius 2 is 1.07 bits per heavy atom. The number of nitrogens with zero attached hydrogens (tertiary/aromatic N) is 4. The molecule has 0 aliphatic heterocycles. The normalized spacial score (nSPS) is 18.6. The van der Waals surface area contributed by atoms with E-state index in [1.807, 2.05) is 41.0 Å². The van der Waals surface area contributed by atoms with Crippen molar-refractivity contribution in [1.82, 2.24) is 19.1 Å². The van der Waals surface area contributed by atoms with Crippen LogP contribution < -0.4 is 24.4 Å². The summed E-state index contributed by atoms with van der Waals surface area (Å²) in [6.45, 7) is 8.95. The summed E-state index contributed by atoms with van der Waals surface area (Å²) in [5.41, 5.74) is 8.21. The fraction of sp³-hybridized carbons (Fsp3) is 0.630. The number of benzene rings is 2. The summed E-state index contributed by atoms with van der Waals surface area (Å²) < 4.78 is 3.50. The van der Waals surface area contributed by atoms with Crippen molar-refractivity contribution in [3.05, 3.63) is 61.8 Å². The number of fused-ring (bicyclic) bond motifs is 2. The van der Waals surface area contributed by atoms with Crippen molar-refractivity contribution in [2.24, 2.45) is 0 Å². The van der Waals surface area contributed by atoms with E-state index < -0.39 is 0 Å². The first kappa shape index (κ1) is 47.1. The molecule has 4 aromatic rings. The molecule has 4 aliphatic carbocycles. The topological polar surface area (TPSA) is 69.8 Å². The maximum absolute atomic E-state index is 12.5. The van der Waals surface area contributed by atoms with E-state index in [2.05, 4.69) is 31.0 Å². The number of aromatic nitrogens is 4. The molecule has 8 rings (SSSR count). The Hall–Kier alpha value is -1.53.